The molecule has 0 saturated carbocycles. The molecule has 1 aromatic carbocycles. The Morgan fingerprint density at radius 3 is 2.43 bits per heavy atom. The number of rotatable bonds is 7. The molecule has 1 N–H and O–H groups in total. The molecule has 4 heteroatoms. The first kappa shape index (κ1) is 17.8. The third-order valence-electron chi connectivity index (χ3n) is 3.63. The Bertz CT molecular complexity index is 669. The van der Waals surface area contributed by atoms with Gasteiger partial charge in [-0.25, -0.2) is 4.98 Å². The van der Waals surface area contributed by atoms with Crippen LogP contribution >= 0.6 is 11.8 Å². The van der Waals surface area contributed by atoms with Gasteiger partial charge in [0, 0.05) is 17.9 Å². The number of nitrogens with zero attached hydrogens (tertiary/aromatic N) is 2. The molecule has 0 aliphatic rings. The first-order chi connectivity index (χ1) is 11.0. The van der Waals surface area contributed by atoms with Crippen LogP contribution in [0.15, 0.2) is 40.8 Å². The largest absolute Gasteiger partial charge is 0.396 e. The zero-order valence-electron chi connectivity index (χ0n) is 14.5. The van der Waals surface area contributed by atoms with Crippen LogP contribution < -0.4 is 0 Å². The molecule has 2 aromatic rings. The number of allylic oxidation sites excluding steroid dienone is 1. The van der Waals surface area contributed by atoms with E-state index in [0.717, 1.165) is 16.5 Å². The molecular formula is C19H26N2OS. The van der Waals surface area contributed by atoms with Crippen molar-refractivity contribution < 1.29 is 5.11 Å². The van der Waals surface area contributed by atoms with Crippen molar-refractivity contribution >= 4 is 11.8 Å². The number of aliphatic hydroxyl groups is 1. The van der Waals surface area contributed by atoms with Gasteiger partial charge in [0.1, 0.15) is 10.9 Å². The van der Waals surface area contributed by atoms with Crippen molar-refractivity contribution in [1.82, 2.24) is 9.55 Å². The molecule has 0 radical (unpaired) electrons. The number of hydrogen-bond donors (Lipinski definition) is 1. The number of imidazole rings is 1. The first-order valence-corrected chi connectivity index (χ1v) is 8.85. The average Bonchev–Trinajstić information content (AvgIpc) is 2.77. The fourth-order valence-corrected chi connectivity index (χ4v) is 4.09. The van der Waals surface area contributed by atoms with E-state index < -0.39 is 0 Å². The summed E-state index contributed by atoms with van der Waals surface area (Å²) in [5, 5.41) is 10.5. The van der Waals surface area contributed by atoms with E-state index in [4.69, 9.17) is 4.98 Å². The summed E-state index contributed by atoms with van der Waals surface area (Å²) in [5.41, 5.74) is 3.63. The minimum atomic E-state index is 0.110. The maximum Gasteiger partial charge on any atom is 0.112 e. The zero-order chi connectivity index (χ0) is 17.0. The topological polar surface area (TPSA) is 38.0 Å². The molecule has 0 bridgehead atoms. The number of aryl methyl sites for hydroxylation is 2. The Kier molecular flexibility index (Phi) is 6.08. The molecule has 3 nitrogen and oxygen atoms in total. The van der Waals surface area contributed by atoms with Gasteiger partial charge in [-0.2, -0.15) is 0 Å². The van der Waals surface area contributed by atoms with E-state index in [1.165, 1.54) is 16.0 Å². The zero-order valence-corrected chi connectivity index (χ0v) is 15.3. The van der Waals surface area contributed by atoms with E-state index in [9.17, 15) is 5.11 Å². The van der Waals surface area contributed by atoms with E-state index in [0.29, 0.717) is 18.9 Å². The van der Waals surface area contributed by atoms with Crippen LogP contribution in [0.3, 0.4) is 0 Å². The van der Waals surface area contributed by atoms with Gasteiger partial charge in [-0.05, 0) is 43.0 Å². The van der Waals surface area contributed by atoms with Crippen molar-refractivity contribution in [3.8, 4) is 0 Å². The van der Waals surface area contributed by atoms with E-state index >= 15 is 0 Å². The molecule has 0 saturated heterocycles. The number of aliphatic hydroxyl groups excluding tert-OH is 1. The van der Waals surface area contributed by atoms with Crippen LogP contribution in [0.4, 0.5) is 0 Å². The smallest absolute Gasteiger partial charge is 0.112 e. The van der Waals surface area contributed by atoms with Gasteiger partial charge in [0.15, 0.2) is 0 Å². The molecular weight excluding hydrogens is 304 g/mol. The summed E-state index contributed by atoms with van der Waals surface area (Å²) in [5.74, 6) is 1.27. The third-order valence-corrected chi connectivity index (χ3v) is 4.72. The van der Waals surface area contributed by atoms with E-state index in [1.54, 1.807) is 11.8 Å². The Balaban J connectivity index is 2.50. The molecule has 124 valence electrons. The van der Waals surface area contributed by atoms with Crippen LogP contribution in [0.2, 0.25) is 0 Å². The Labute approximate surface area is 143 Å². The van der Waals surface area contributed by atoms with E-state index in [1.807, 2.05) is 6.08 Å². The summed E-state index contributed by atoms with van der Waals surface area (Å²) in [6, 6.07) is 6.60. The van der Waals surface area contributed by atoms with Gasteiger partial charge in [-0.15, -0.1) is 6.58 Å². The summed E-state index contributed by atoms with van der Waals surface area (Å²) in [7, 11) is 0. The molecule has 1 heterocycles. The molecule has 0 fully saturated rings. The number of hydrogen-bond acceptors (Lipinski definition) is 3. The SMILES string of the molecule is C=CCn1c(CCO)nc(C(C)C)c1Sc1cc(C)cc(C)c1. The van der Waals surface area contributed by atoms with Gasteiger partial charge in [0.25, 0.3) is 0 Å². The summed E-state index contributed by atoms with van der Waals surface area (Å²) in [6.45, 7) is 13.3. The standard InChI is InChI=1S/C19H26N2OS/c1-6-8-21-17(7-9-22)20-18(13(2)3)19(21)23-16-11-14(4)10-15(5)12-16/h6,10-13,22H,1,7-9H2,2-5H3. The lowest BCUT2D eigenvalue weighted by atomic mass is 10.1. The lowest BCUT2D eigenvalue weighted by Crippen LogP contribution is -2.05. The summed E-state index contributed by atoms with van der Waals surface area (Å²) in [6.07, 6.45) is 2.46. The second-order valence-electron chi connectivity index (χ2n) is 6.17. The second-order valence-corrected chi connectivity index (χ2v) is 7.23. The highest BCUT2D eigenvalue weighted by Crippen LogP contribution is 2.35. The molecule has 0 aliphatic heterocycles. The molecule has 0 spiro atoms. The maximum absolute atomic E-state index is 9.33. The molecule has 0 unspecified atom stereocenters. The van der Waals surface area contributed by atoms with Crippen LogP contribution in [-0.4, -0.2) is 21.3 Å². The van der Waals surface area contributed by atoms with Crippen molar-refractivity contribution in [1.29, 1.82) is 0 Å². The van der Waals surface area contributed by atoms with Crippen LogP contribution in [0.5, 0.6) is 0 Å². The fourth-order valence-electron chi connectivity index (χ4n) is 2.70. The monoisotopic (exact) mass is 330 g/mol. The summed E-state index contributed by atoms with van der Waals surface area (Å²) >= 11 is 1.76. The predicted molar refractivity (Wildman–Crippen MR) is 97.3 cm³/mol. The quantitative estimate of drug-likeness (QED) is 0.760. The highest BCUT2D eigenvalue weighted by Gasteiger charge is 2.19. The molecule has 23 heavy (non-hydrogen) atoms. The normalized spacial score (nSPS) is 11.2. The van der Waals surface area contributed by atoms with Gasteiger partial charge in [-0.3, -0.25) is 0 Å². The van der Waals surface area contributed by atoms with E-state index in [2.05, 4.69) is 57.0 Å². The Morgan fingerprint density at radius 1 is 1.26 bits per heavy atom. The molecule has 0 aliphatic carbocycles. The van der Waals surface area contributed by atoms with Crippen molar-refractivity contribution in [3.05, 3.63) is 53.5 Å². The van der Waals surface area contributed by atoms with Crippen LogP contribution in [0.25, 0.3) is 0 Å². The van der Waals surface area contributed by atoms with Crippen LogP contribution in [0.1, 0.15) is 42.4 Å². The predicted octanol–water partition coefficient (Wildman–Crippen LogP) is 4.50. The van der Waals surface area contributed by atoms with E-state index in [-0.39, 0.29) is 6.61 Å². The minimum Gasteiger partial charge on any atom is -0.396 e. The first-order valence-electron chi connectivity index (χ1n) is 8.03. The third kappa shape index (κ3) is 4.27. The lowest BCUT2D eigenvalue weighted by Gasteiger charge is -2.12. The second kappa shape index (κ2) is 7.84. The van der Waals surface area contributed by atoms with Gasteiger partial charge in [0.2, 0.25) is 0 Å². The van der Waals surface area contributed by atoms with Gasteiger partial charge in [-0.1, -0.05) is 37.8 Å². The van der Waals surface area contributed by atoms with Crippen molar-refractivity contribution in [2.45, 2.75) is 56.5 Å². The number of aromatic nitrogens is 2. The molecule has 0 amide bonds. The summed E-state index contributed by atoms with van der Waals surface area (Å²) < 4.78 is 2.18. The van der Waals surface area contributed by atoms with Crippen molar-refractivity contribution in [3.63, 3.8) is 0 Å². The van der Waals surface area contributed by atoms with Crippen molar-refractivity contribution in [2.24, 2.45) is 0 Å². The van der Waals surface area contributed by atoms with Crippen molar-refractivity contribution in [2.75, 3.05) is 6.61 Å². The van der Waals surface area contributed by atoms with Gasteiger partial charge < -0.3 is 9.67 Å². The Hall–Kier alpha value is -1.52. The van der Waals surface area contributed by atoms with Crippen LogP contribution in [-0.2, 0) is 13.0 Å². The average molecular weight is 330 g/mol. The lowest BCUT2D eigenvalue weighted by molar-refractivity contribution is 0.294. The van der Waals surface area contributed by atoms with Gasteiger partial charge in [0.05, 0.1) is 12.3 Å². The van der Waals surface area contributed by atoms with Gasteiger partial charge >= 0.3 is 0 Å². The minimum absolute atomic E-state index is 0.110. The maximum atomic E-state index is 9.33. The highest BCUT2D eigenvalue weighted by molar-refractivity contribution is 7.99. The highest BCUT2D eigenvalue weighted by atomic mass is 32.2. The fraction of sp³-hybridized carbons (Fsp3) is 0.421. The molecule has 0 atom stereocenters. The molecule has 2 rings (SSSR count). The summed E-state index contributed by atoms with van der Waals surface area (Å²) in [4.78, 5) is 6.02. The Morgan fingerprint density at radius 2 is 1.91 bits per heavy atom. The molecule has 1 aromatic heterocycles. The number of benzene rings is 1. The van der Waals surface area contributed by atoms with Crippen LogP contribution in [0, 0.1) is 13.8 Å².